The summed E-state index contributed by atoms with van der Waals surface area (Å²) in [5, 5.41) is 17.6. The van der Waals surface area contributed by atoms with Crippen molar-refractivity contribution in [3.63, 3.8) is 0 Å². The van der Waals surface area contributed by atoms with E-state index in [1.165, 1.54) is 17.7 Å². The summed E-state index contributed by atoms with van der Waals surface area (Å²) >= 11 is 10.2. The Balaban J connectivity index is 0.000000335. The zero-order chi connectivity index (χ0) is 29.9. The Morgan fingerprint density at radius 1 is 1.07 bits per heavy atom. The van der Waals surface area contributed by atoms with E-state index in [1.54, 1.807) is 67.9 Å². The van der Waals surface area contributed by atoms with Crippen LogP contribution in [0.3, 0.4) is 0 Å². The van der Waals surface area contributed by atoms with E-state index in [9.17, 15) is 9.59 Å². The fourth-order valence-electron chi connectivity index (χ4n) is 3.00. The van der Waals surface area contributed by atoms with Gasteiger partial charge < -0.3 is 9.47 Å². The van der Waals surface area contributed by atoms with Gasteiger partial charge in [-0.05, 0) is 38.1 Å². The summed E-state index contributed by atoms with van der Waals surface area (Å²) in [6.45, 7) is 5.58. The third kappa shape index (κ3) is 11.1. The first kappa shape index (κ1) is 34.1. The Hall–Kier alpha value is -3.89. The number of ether oxygens (including phenoxy) is 2. The molecule has 1 unspecified atom stereocenters. The van der Waals surface area contributed by atoms with Crippen molar-refractivity contribution in [2.75, 3.05) is 18.2 Å². The zero-order valence-corrected chi connectivity index (χ0v) is 24.3. The molecule has 1 atom stereocenters. The van der Waals surface area contributed by atoms with Gasteiger partial charge in [0.25, 0.3) is 0 Å². The average molecular weight is 633 g/mol. The van der Waals surface area contributed by atoms with Gasteiger partial charge in [-0.3, -0.25) is 9.97 Å². The van der Waals surface area contributed by atoms with Crippen LogP contribution < -0.4 is 5.01 Å². The molecule has 3 aromatic heterocycles. The Labute approximate surface area is 246 Å². The maximum atomic E-state index is 11.8. The standard InChI is InChI=1S/C11H12ClN3O2.C11H10ClN3O2.C2H3N.Mn.2O/c2*1-2-17-11(16)9-6-10(12)14-15(9)8-4-3-5-13-7-8;1-2-3;;;/h3-5,7,9H,2,6H2,1H3;3-7H,2H2,1H3;1H3;;;. The van der Waals surface area contributed by atoms with Crippen LogP contribution in [-0.4, -0.2) is 56.1 Å². The van der Waals surface area contributed by atoms with Crippen molar-refractivity contribution < 1.29 is 41.6 Å². The van der Waals surface area contributed by atoms with E-state index in [4.69, 9.17) is 45.6 Å². The molecule has 3 aromatic rings. The van der Waals surface area contributed by atoms with Gasteiger partial charge in [-0.15, -0.1) is 0 Å². The summed E-state index contributed by atoms with van der Waals surface area (Å²) in [5.74, 6) is -0.786. The van der Waals surface area contributed by atoms with Crippen LogP contribution in [0.25, 0.3) is 5.69 Å². The van der Waals surface area contributed by atoms with Crippen molar-refractivity contribution in [1.29, 1.82) is 5.26 Å². The molecule has 40 heavy (non-hydrogen) atoms. The van der Waals surface area contributed by atoms with Gasteiger partial charge in [-0.1, -0.05) is 23.2 Å². The van der Waals surface area contributed by atoms with Crippen LogP contribution in [0.1, 0.15) is 37.7 Å². The molecular weight excluding hydrogens is 608 g/mol. The van der Waals surface area contributed by atoms with Gasteiger partial charge in [-0.2, -0.15) is 15.5 Å². The minimum absolute atomic E-state index is 0.233. The molecule has 16 heteroatoms. The first-order valence-corrected chi connectivity index (χ1v) is 13.1. The topological polar surface area (TPSA) is 170 Å². The van der Waals surface area contributed by atoms with E-state index in [0.717, 1.165) is 5.69 Å². The predicted molar refractivity (Wildman–Crippen MR) is 140 cm³/mol. The van der Waals surface area contributed by atoms with Crippen LogP contribution in [-0.2, 0) is 36.8 Å². The van der Waals surface area contributed by atoms with Crippen LogP contribution in [0.4, 0.5) is 5.69 Å². The van der Waals surface area contributed by atoms with Crippen LogP contribution in [0.2, 0.25) is 5.15 Å². The quantitative estimate of drug-likeness (QED) is 0.282. The summed E-state index contributed by atoms with van der Waals surface area (Å²) in [4.78, 5) is 31.4. The number of nitriles is 1. The Morgan fingerprint density at radius 3 is 2.12 bits per heavy atom. The molecule has 0 aromatic carbocycles. The van der Waals surface area contributed by atoms with Crippen molar-refractivity contribution in [2.24, 2.45) is 5.10 Å². The molecule has 0 bridgehead atoms. The van der Waals surface area contributed by atoms with Gasteiger partial charge in [-0.25, -0.2) is 19.3 Å². The van der Waals surface area contributed by atoms with Gasteiger partial charge in [0.15, 0.2) is 16.9 Å². The number of aromatic nitrogens is 4. The zero-order valence-electron chi connectivity index (χ0n) is 21.6. The summed E-state index contributed by atoms with van der Waals surface area (Å²) in [6, 6.07) is 9.84. The third-order valence-corrected chi connectivity index (χ3v) is 4.81. The van der Waals surface area contributed by atoms with Gasteiger partial charge in [0, 0.05) is 31.8 Å². The van der Waals surface area contributed by atoms with Crippen molar-refractivity contribution in [1.82, 2.24) is 19.7 Å². The molecular formula is C24H25Cl2MnN7O6. The van der Waals surface area contributed by atoms with Crippen LogP contribution in [0.15, 0.2) is 60.2 Å². The molecule has 0 fully saturated rings. The molecule has 0 spiro atoms. The maximum absolute atomic E-state index is 11.8. The fourth-order valence-corrected chi connectivity index (χ4v) is 3.41. The van der Waals surface area contributed by atoms with E-state index >= 15 is 0 Å². The fraction of sp³-hybridized carbons (Fsp3) is 0.292. The second-order valence-electron chi connectivity index (χ2n) is 6.99. The van der Waals surface area contributed by atoms with E-state index < -0.39 is 26.8 Å². The molecule has 0 aliphatic carbocycles. The second-order valence-corrected chi connectivity index (χ2v) is 8.01. The first-order valence-electron chi connectivity index (χ1n) is 11.4. The molecule has 213 valence electrons. The van der Waals surface area contributed by atoms with Gasteiger partial charge in [0.05, 0.1) is 43.1 Å². The van der Waals surface area contributed by atoms with Gasteiger partial charge >= 0.3 is 34.4 Å². The third-order valence-electron chi connectivity index (χ3n) is 4.40. The Morgan fingerprint density at radius 2 is 1.62 bits per heavy atom. The number of halogens is 2. The Bertz CT molecular complexity index is 1330. The number of hydrogen-bond acceptors (Lipinski definition) is 12. The molecule has 0 N–H and O–H groups in total. The number of rotatable bonds is 6. The predicted octanol–water partition coefficient (Wildman–Crippen LogP) is 4.16. The molecule has 4 rings (SSSR count). The molecule has 0 saturated carbocycles. The average Bonchev–Trinajstić information content (AvgIpc) is 3.54. The summed E-state index contributed by atoms with van der Waals surface area (Å²) in [6.07, 6.45) is 6.88. The number of pyridine rings is 2. The first-order chi connectivity index (χ1) is 19.3. The summed E-state index contributed by atoms with van der Waals surface area (Å²) in [7, 11) is 0. The van der Waals surface area contributed by atoms with Gasteiger partial charge in [0.2, 0.25) is 0 Å². The molecule has 0 amide bonds. The van der Waals surface area contributed by atoms with E-state index in [0.29, 0.717) is 30.5 Å². The number of nitrogens with zero attached hydrogens (tertiary/aromatic N) is 7. The normalized spacial score (nSPS) is 12.9. The van der Waals surface area contributed by atoms with Crippen molar-refractivity contribution >= 4 is 46.0 Å². The Kier molecular flexibility index (Phi) is 16.4. The van der Waals surface area contributed by atoms with E-state index in [2.05, 4.69) is 20.2 Å². The molecule has 4 heterocycles. The molecule has 13 nitrogen and oxygen atoms in total. The summed E-state index contributed by atoms with van der Waals surface area (Å²) < 4.78 is 28.1. The van der Waals surface area contributed by atoms with Crippen molar-refractivity contribution in [2.45, 2.75) is 33.2 Å². The van der Waals surface area contributed by atoms with Crippen molar-refractivity contribution in [3.05, 3.63) is 66.0 Å². The van der Waals surface area contributed by atoms with Crippen LogP contribution in [0, 0.1) is 11.3 Å². The van der Waals surface area contributed by atoms with Crippen molar-refractivity contribution in [3.8, 4) is 11.8 Å². The number of hydrogen-bond donors (Lipinski definition) is 0. The monoisotopic (exact) mass is 632 g/mol. The molecule has 1 aliphatic heterocycles. The van der Waals surface area contributed by atoms with Crippen LogP contribution >= 0.6 is 23.2 Å². The molecule has 1 aliphatic rings. The molecule has 0 saturated heterocycles. The number of anilines is 1. The molecule has 0 radical (unpaired) electrons. The number of esters is 2. The van der Waals surface area contributed by atoms with Crippen LogP contribution in [0.5, 0.6) is 0 Å². The second kappa shape index (κ2) is 19.2. The summed E-state index contributed by atoms with van der Waals surface area (Å²) in [5.41, 5.74) is 1.66. The van der Waals surface area contributed by atoms with E-state index in [-0.39, 0.29) is 16.8 Å². The van der Waals surface area contributed by atoms with Gasteiger partial charge in [0.1, 0.15) is 5.17 Å². The SMILES string of the molecule is CC#N.CCOC(=O)C1CC(Cl)=NN1c1cccnc1.CCOC(=O)c1cc(Cl)nn1-c1cccnc1.[O]=[Mn]=[O]. The number of carbonyl (C=O) groups is 2. The number of hydrazone groups is 1. The number of carbonyl (C=O) groups excluding carboxylic acids is 2. The van der Waals surface area contributed by atoms with E-state index in [1.807, 2.05) is 6.07 Å². The minimum atomic E-state index is -1.44.